The summed E-state index contributed by atoms with van der Waals surface area (Å²) in [5.41, 5.74) is 2.75. The van der Waals surface area contributed by atoms with E-state index in [-0.39, 0.29) is 0 Å². The summed E-state index contributed by atoms with van der Waals surface area (Å²) in [6.07, 6.45) is 4.01. The van der Waals surface area contributed by atoms with Crippen LogP contribution in [-0.2, 0) is 0 Å². The molecule has 1 N–H and O–H groups in total. The van der Waals surface area contributed by atoms with E-state index in [1.165, 1.54) is 36.1 Å². The maximum atomic E-state index is 3.64. The van der Waals surface area contributed by atoms with E-state index in [2.05, 4.69) is 69.0 Å². The van der Waals surface area contributed by atoms with E-state index in [9.17, 15) is 0 Å². The van der Waals surface area contributed by atoms with Crippen molar-refractivity contribution < 1.29 is 0 Å². The first-order valence-electron chi connectivity index (χ1n) is 7.60. The van der Waals surface area contributed by atoms with E-state index in [4.69, 9.17) is 0 Å². The molecule has 0 aliphatic rings. The molecule has 0 fully saturated rings. The van der Waals surface area contributed by atoms with Crippen LogP contribution in [0.1, 0.15) is 57.2 Å². The Morgan fingerprint density at radius 1 is 1.11 bits per heavy atom. The first-order chi connectivity index (χ1) is 9.19. The van der Waals surface area contributed by atoms with Crippen LogP contribution in [0.3, 0.4) is 0 Å². The van der Waals surface area contributed by atoms with Crippen molar-refractivity contribution in [2.45, 2.75) is 58.2 Å². The quantitative estimate of drug-likeness (QED) is 0.641. The summed E-state index contributed by atoms with van der Waals surface area (Å²) in [5.74, 6) is 1.28. The fourth-order valence-electron chi connectivity index (χ4n) is 2.27. The largest absolute Gasteiger partial charge is 0.309 e. The normalized spacial score (nSPS) is 14.3. The van der Waals surface area contributed by atoms with E-state index in [1.54, 1.807) is 0 Å². The van der Waals surface area contributed by atoms with Gasteiger partial charge in [0.1, 0.15) is 0 Å². The number of nitrogens with one attached hydrogen (secondary N) is 1. The Hall–Kier alpha value is -0.470. The molecule has 1 aromatic rings. The molecule has 0 saturated heterocycles. The van der Waals surface area contributed by atoms with Gasteiger partial charge in [0.05, 0.1) is 0 Å². The second-order valence-corrected chi connectivity index (χ2v) is 6.71. The second-order valence-electron chi connectivity index (χ2n) is 5.23. The lowest BCUT2D eigenvalue weighted by molar-refractivity contribution is 0.547. The first-order valence-corrected chi connectivity index (χ1v) is 8.65. The summed E-state index contributed by atoms with van der Waals surface area (Å²) in [6, 6.07) is 9.44. The predicted molar refractivity (Wildman–Crippen MR) is 89.0 cm³/mol. The summed E-state index contributed by atoms with van der Waals surface area (Å²) in [7, 11) is 0. The van der Waals surface area contributed by atoms with Crippen molar-refractivity contribution in [1.29, 1.82) is 0 Å². The topological polar surface area (TPSA) is 12.0 Å². The van der Waals surface area contributed by atoms with Crippen molar-refractivity contribution in [3.63, 3.8) is 0 Å². The minimum absolute atomic E-state index is 0.470. The van der Waals surface area contributed by atoms with Gasteiger partial charge in [0.25, 0.3) is 0 Å². The Morgan fingerprint density at radius 2 is 1.79 bits per heavy atom. The average Bonchev–Trinajstić information content (AvgIpc) is 2.42. The van der Waals surface area contributed by atoms with Gasteiger partial charge in [0.15, 0.2) is 0 Å². The Kier molecular flexibility index (Phi) is 8.24. The molecule has 0 radical (unpaired) electrons. The molecule has 1 aromatic carbocycles. The smallest absolute Gasteiger partial charge is 0.0437 e. The highest BCUT2D eigenvalue weighted by atomic mass is 32.2. The maximum absolute atomic E-state index is 3.64. The third-order valence-corrected chi connectivity index (χ3v) is 4.78. The molecule has 1 rings (SSSR count). The summed E-state index contributed by atoms with van der Waals surface area (Å²) in [6.45, 7) is 9.98. The van der Waals surface area contributed by atoms with Crippen LogP contribution in [0.4, 0.5) is 0 Å². The van der Waals surface area contributed by atoms with Crippen LogP contribution >= 0.6 is 11.8 Å². The minimum Gasteiger partial charge on any atom is -0.309 e. The van der Waals surface area contributed by atoms with Crippen LogP contribution in [0, 0.1) is 6.92 Å². The lowest BCUT2D eigenvalue weighted by Crippen LogP contribution is -2.28. The van der Waals surface area contributed by atoms with Gasteiger partial charge in [-0.2, -0.15) is 11.8 Å². The number of aryl methyl sites for hydroxylation is 1. The zero-order valence-corrected chi connectivity index (χ0v) is 13.7. The molecule has 2 heteroatoms. The fraction of sp³-hybridized carbons (Fsp3) is 0.647. The van der Waals surface area contributed by atoms with Crippen molar-refractivity contribution in [3.8, 4) is 0 Å². The molecule has 2 unspecified atom stereocenters. The lowest BCUT2D eigenvalue weighted by Gasteiger charge is -2.25. The Morgan fingerprint density at radius 3 is 2.37 bits per heavy atom. The van der Waals surface area contributed by atoms with Crippen molar-refractivity contribution in [2.75, 3.05) is 12.3 Å². The van der Waals surface area contributed by atoms with Gasteiger partial charge in [-0.15, -0.1) is 0 Å². The van der Waals surface area contributed by atoms with Crippen molar-refractivity contribution in [1.82, 2.24) is 5.32 Å². The summed E-state index contributed by atoms with van der Waals surface area (Å²) in [4.78, 5) is 0. The van der Waals surface area contributed by atoms with E-state index >= 15 is 0 Å². The van der Waals surface area contributed by atoms with Crippen LogP contribution < -0.4 is 5.32 Å². The Labute approximate surface area is 123 Å². The van der Waals surface area contributed by atoms with E-state index in [0.29, 0.717) is 11.3 Å². The van der Waals surface area contributed by atoms with E-state index in [0.717, 1.165) is 6.54 Å². The van der Waals surface area contributed by atoms with Crippen molar-refractivity contribution in [3.05, 3.63) is 35.4 Å². The molecule has 1 nitrogen and oxygen atoms in total. The highest BCUT2D eigenvalue weighted by Crippen LogP contribution is 2.27. The highest BCUT2D eigenvalue weighted by Gasteiger charge is 2.18. The summed E-state index contributed by atoms with van der Waals surface area (Å²) in [5, 5.41) is 4.26. The van der Waals surface area contributed by atoms with Gasteiger partial charge in [-0.05, 0) is 31.2 Å². The maximum Gasteiger partial charge on any atom is 0.0437 e. The molecule has 0 bridgehead atoms. The summed E-state index contributed by atoms with van der Waals surface area (Å²) >= 11 is 2.10. The number of hydrogen-bond acceptors (Lipinski definition) is 2. The van der Waals surface area contributed by atoms with Gasteiger partial charge in [0.2, 0.25) is 0 Å². The molecule has 0 saturated carbocycles. The van der Waals surface area contributed by atoms with Crippen LogP contribution in [-0.4, -0.2) is 17.5 Å². The van der Waals surface area contributed by atoms with E-state index < -0.39 is 0 Å². The lowest BCUT2D eigenvalue weighted by atomic mass is 10.0. The molecule has 2 atom stereocenters. The molecular weight excluding hydrogens is 250 g/mol. The van der Waals surface area contributed by atoms with Gasteiger partial charge in [0, 0.05) is 11.3 Å². The average molecular weight is 279 g/mol. The fourth-order valence-corrected chi connectivity index (χ4v) is 3.45. The SMILES string of the molecule is CCCCCSC(C)C(NCC)c1ccc(C)cc1. The molecule has 19 heavy (non-hydrogen) atoms. The Bertz CT molecular complexity index is 334. The van der Waals surface area contributed by atoms with Gasteiger partial charge >= 0.3 is 0 Å². The molecule has 108 valence electrons. The van der Waals surface area contributed by atoms with Crippen LogP contribution in [0.15, 0.2) is 24.3 Å². The molecule has 0 spiro atoms. The van der Waals surface area contributed by atoms with Gasteiger partial charge in [-0.1, -0.05) is 63.4 Å². The number of rotatable bonds is 9. The molecule has 0 aromatic heterocycles. The number of thioether (sulfide) groups is 1. The van der Waals surface area contributed by atoms with Crippen molar-refractivity contribution >= 4 is 11.8 Å². The molecule has 0 heterocycles. The molecule has 0 amide bonds. The monoisotopic (exact) mass is 279 g/mol. The second kappa shape index (κ2) is 9.44. The summed E-state index contributed by atoms with van der Waals surface area (Å²) < 4.78 is 0. The van der Waals surface area contributed by atoms with Crippen molar-refractivity contribution in [2.24, 2.45) is 0 Å². The van der Waals surface area contributed by atoms with Gasteiger partial charge < -0.3 is 5.32 Å². The van der Waals surface area contributed by atoms with E-state index in [1.807, 2.05) is 0 Å². The number of unbranched alkanes of at least 4 members (excludes halogenated alkanes) is 2. The molecular formula is C17H29NS. The van der Waals surface area contributed by atoms with Crippen LogP contribution in [0.2, 0.25) is 0 Å². The minimum atomic E-state index is 0.470. The molecule has 0 aliphatic carbocycles. The van der Waals surface area contributed by atoms with Crippen LogP contribution in [0.25, 0.3) is 0 Å². The van der Waals surface area contributed by atoms with Gasteiger partial charge in [-0.3, -0.25) is 0 Å². The zero-order chi connectivity index (χ0) is 14.1. The zero-order valence-electron chi connectivity index (χ0n) is 12.9. The highest BCUT2D eigenvalue weighted by molar-refractivity contribution is 7.99. The van der Waals surface area contributed by atoms with Gasteiger partial charge in [-0.25, -0.2) is 0 Å². The number of benzene rings is 1. The third-order valence-electron chi connectivity index (χ3n) is 3.46. The standard InChI is InChI=1S/C17H29NS/c1-5-7-8-13-19-15(4)17(18-6-2)16-11-9-14(3)10-12-16/h9-12,15,17-18H,5-8,13H2,1-4H3. The molecule has 0 aliphatic heterocycles. The Balaban J connectivity index is 2.57. The first kappa shape index (κ1) is 16.6. The third kappa shape index (κ3) is 6.01. The predicted octanol–water partition coefficient (Wildman–Crippen LogP) is 4.96. The number of hydrogen-bond donors (Lipinski definition) is 1. The van der Waals surface area contributed by atoms with Crippen LogP contribution in [0.5, 0.6) is 0 Å².